The van der Waals surface area contributed by atoms with Gasteiger partial charge in [0.25, 0.3) is 0 Å². The van der Waals surface area contributed by atoms with Gasteiger partial charge in [0.05, 0.1) is 5.60 Å². The number of pyridine rings is 1. The van der Waals surface area contributed by atoms with Crippen LogP contribution in [-0.4, -0.2) is 46.5 Å². The first-order chi connectivity index (χ1) is 12.6. The van der Waals surface area contributed by atoms with E-state index < -0.39 is 12.7 Å². The summed E-state index contributed by atoms with van der Waals surface area (Å²) in [5.41, 5.74) is 2.54. The molecule has 8 heteroatoms. The van der Waals surface area contributed by atoms with E-state index in [0.29, 0.717) is 0 Å². The fourth-order valence-electron chi connectivity index (χ4n) is 4.75. The molecule has 2 aromatic heterocycles. The molecule has 3 aliphatic rings. The second-order valence-corrected chi connectivity index (χ2v) is 7.74. The zero-order chi connectivity index (χ0) is 18.4. The number of aromatic nitrogens is 2. The van der Waals surface area contributed by atoms with E-state index in [1.54, 1.807) is 11.1 Å². The van der Waals surface area contributed by atoms with Crippen LogP contribution in [0.25, 0.3) is 11.0 Å². The van der Waals surface area contributed by atoms with E-state index in [4.69, 9.17) is 4.65 Å². The van der Waals surface area contributed by atoms with Crippen molar-refractivity contribution in [3.8, 4) is 0 Å². The third-order valence-electron chi connectivity index (χ3n) is 5.97. The Labute approximate surface area is 203 Å². The number of H-pyrrole nitrogens is 1. The average Bonchev–Trinajstić information content (AvgIpc) is 3.18. The van der Waals surface area contributed by atoms with Gasteiger partial charge in [0.15, 0.2) is 0 Å². The Morgan fingerprint density at radius 1 is 1.41 bits per heavy atom. The number of amides is 1. The number of likely N-dealkylation sites (tertiary alicyclic amines) is 1. The Balaban J connectivity index is 0.000000495. The maximum Gasteiger partial charge on any atom is 1.00 e. The van der Waals surface area contributed by atoms with Crippen LogP contribution in [0.2, 0.25) is 0 Å². The van der Waals surface area contributed by atoms with Gasteiger partial charge >= 0.3 is 58.5 Å². The first-order valence-electron chi connectivity index (χ1n) is 9.31. The Hall–Kier alpha value is -0.219. The number of hydrogen-bond donors (Lipinski definition) is 2. The molecule has 5 rings (SSSR count). The van der Waals surface area contributed by atoms with Crippen LogP contribution in [-0.2, 0) is 15.0 Å². The maximum absolute atomic E-state index is 10.7. The Morgan fingerprint density at radius 3 is 2.70 bits per heavy atom. The van der Waals surface area contributed by atoms with Crippen LogP contribution in [0.5, 0.6) is 0 Å². The molecule has 138 valence electrons. The normalized spacial score (nSPS) is 21.3. The summed E-state index contributed by atoms with van der Waals surface area (Å²) in [5, 5.41) is 11.4. The predicted molar refractivity (Wildman–Crippen MR) is 100 cm³/mol. The summed E-state index contributed by atoms with van der Waals surface area (Å²) >= 11 is 0. The summed E-state index contributed by atoms with van der Waals surface area (Å²) < 4.78 is 6.06. The minimum atomic E-state index is -0.896. The number of nitrogens with one attached hydrogen (secondary N) is 1. The standard InChI is InChI=1S/C16H17BN3O3.C3H7.K/c21-10-20-8-15(9-20)2-4-16(5-3-15)13-11-1-6-18-14(11)19-7-12(13)17(22)23-16;1-3-2;/h1,6-7,22H,2-5,8-9H2,(H,18,19);1,3H2,2H3;/q2*-1;+1. The summed E-state index contributed by atoms with van der Waals surface area (Å²) in [6, 6.07) is 2.02. The van der Waals surface area contributed by atoms with Crippen LogP contribution in [0.15, 0.2) is 18.5 Å². The van der Waals surface area contributed by atoms with E-state index in [1.807, 2.05) is 25.6 Å². The molecule has 1 saturated heterocycles. The summed E-state index contributed by atoms with van der Waals surface area (Å²) in [4.78, 5) is 19.9. The number of fused-ring (bicyclic) bond motifs is 4. The molecular formula is C19H24BKN3O3-. The van der Waals surface area contributed by atoms with E-state index in [9.17, 15) is 9.82 Å². The second kappa shape index (κ2) is 8.26. The van der Waals surface area contributed by atoms with Gasteiger partial charge in [-0.1, -0.05) is 6.92 Å². The second-order valence-electron chi connectivity index (χ2n) is 7.74. The van der Waals surface area contributed by atoms with E-state index >= 15 is 0 Å². The van der Waals surface area contributed by atoms with Gasteiger partial charge in [-0.25, -0.2) is 4.98 Å². The minimum absolute atomic E-state index is 0. The van der Waals surface area contributed by atoms with Gasteiger partial charge in [0.2, 0.25) is 0 Å². The van der Waals surface area contributed by atoms with E-state index in [0.717, 1.165) is 67.3 Å². The van der Waals surface area contributed by atoms with Gasteiger partial charge in [-0.15, -0.1) is 0 Å². The molecule has 6 nitrogen and oxygen atoms in total. The van der Waals surface area contributed by atoms with Crippen LogP contribution in [0, 0.1) is 12.3 Å². The van der Waals surface area contributed by atoms with Crippen molar-refractivity contribution in [1.29, 1.82) is 0 Å². The molecule has 2 N–H and O–H groups in total. The zero-order valence-electron chi connectivity index (χ0n) is 16.1. The predicted octanol–water partition coefficient (Wildman–Crippen LogP) is -1.35. The van der Waals surface area contributed by atoms with Crippen molar-refractivity contribution >= 4 is 30.0 Å². The Bertz CT molecular complexity index is 812. The molecule has 1 saturated carbocycles. The quantitative estimate of drug-likeness (QED) is 0.465. The topological polar surface area (TPSA) is 78.5 Å². The molecule has 0 radical (unpaired) electrons. The number of nitrogens with zero attached hydrogens (tertiary/aromatic N) is 2. The third-order valence-corrected chi connectivity index (χ3v) is 5.97. The largest absolute Gasteiger partial charge is 1.00 e. The zero-order valence-corrected chi connectivity index (χ0v) is 19.2. The van der Waals surface area contributed by atoms with Gasteiger partial charge < -0.3 is 31.3 Å². The van der Waals surface area contributed by atoms with Gasteiger partial charge in [-0.05, 0) is 50.4 Å². The third kappa shape index (κ3) is 3.58. The summed E-state index contributed by atoms with van der Waals surface area (Å²) in [6.07, 6.45) is 10.3. The SMILES string of the molecule is O=[C-]N1CC2(CCC3(CC2)OB(O)c2cnc4[nH]ccc4c23)C1.[CH2-]CC.[K+]. The van der Waals surface area contributed by atoms with Gasteiger partial charge in [-0.2, -0.15) is 12.8 Å². The van der Waals surface area contributed by atoms with Crippen molar-refractivity contribution in [3.05, 3.63) is 30.9 Å². The maximum atomic E-state index is 10.7. The van der Waals surface area contributed by atoms with Crippen molar-refractivity contribution < 1.29 is 65.9 Å². The molecule has 1 aliphatic carbocycles. The van der Waals surface area contributed by atoms with Gasteiger partial charge in [-0.3, -0.25) is 0 Å². The fraction of sp³-hybridized carbons (Fsp3) is 0.526. The molecule has 27 heavy (non-hydrogen) atoms. The fourth-order valence-corrected chi connectivity index (χ4v) is 4.75. The van der Waals surface area contributed by atoms with Crippen molar-refractivity contribution in [3.63, 3.8) is 0 Å². The molecule has 0 bridgehead atoms. The molecule has 1 amide bonds. The first-order valence-corrected chi connectivity index (χ1v) is 9.31. The molecule has 0 atom stereocenters. The van der Waals surface area contributed by atoms with Crippen LogP contribution >= 0.6 is 0 Å². The molecular weight excluding hydrogens is 368 g/mol. The first kappa shape index (κ1) is 21.5. The van der Waals surface area contributed by atoms with Crippen molar-refractivity contribution in [1.82, 2.24) is 14.9 Å². The van der Waals surface area contributed by atoms with Gasteiger partial charge in [0.1, 0.15) is 5.65 Å². The molecule has 2 fully saturated rings. The van der Waals surface area contributed by atoms with Crippen LogP contribution in [0.3, 0.4) is 0 Å². The Kier molecular flexibility index (Phi) is 6.57. The number of hydrogen-bond acceptors (Lipinski definition) is 4. The van der Waals surface area contributed by atoms with Crippen molar-refractivity contribution in [2.75, 3.05) is 13.1 Å². The molecule has 2 spiro atoms. The molecule has 2 aliphatic heterocycles. The van der Waals surface area contributed by atoms with E-state index in [-0.39, 0.29) is 56.8 Å². The van der Waals surface area contributed by atoms with E-state index in [1.165, 1.54) is 0 Å². The number of rotatable bonds is 1. The average molecular weight is 392 g/mol. The number of aromatic amines is 1. The minimum Gasteiger partial charge on any atom is -0.520 e. The summed E-state index contributed by atoms with van der Waals surface area (Å²) in [5.74, 6) is 0. The van der Waals surface area contributed by atoms with Gasteiger partial charge in [0, 0.05) is 28.7 Å². The smallest absolute Gasteiger partial charge is 0.520 e. The van der Waals surface area contributed by atoms with Crippen LogP contribution in [0.1, 0.15) is 44.6 Å². The van der Waals surface area contributed by atoms with Crippen molar-refractivity contribution in [2.24, 2.45) is 5.41 Å². The van der Waals surface area contributed by atoms with Crippen LogP contribution < -0.4 is 56.8 Å². The molecule has 2 aromatic rings. The van der Waals surface area contributed by atoms with Crippen LogP contribution in [0.4, 0.5) is 0 Å². The summed E-state index contributed by atoms with van der Waals surface area (Å²) in [6.45, 7) is 7.11. The molecule has 0 unspecified atom stereocenters. The van der Waals surface area contributed by atoms with E-state index in [2.05, 4.69) is 16.9 Å². The summed E-state index contributed by atoms with van der Waals surface area (Å²) in [7, 11) is -0.896. The molecule has 4 heterocycles. The molecule has 0 aromatic carbocycles. The monoisotopic (exact) mass is 392 g/mol. The van der Waals surface area contributed by atoms with Crippen molar-refractivity contribution in [2.45, 2.75) is 44.6 Å². The Morgan fingerprint density at radius 2 is 2.07 bits per heavy atom. The number of carbonyl (C=O) groups excluding carboxylic acids is 1.